The van der Waals surface area contributed by atoms with Crippen molar-refractivity contribution in [3.8, 4) is 0 Å². The fourth-order valence-electron chi connectivity index (χ4n) is 1.05. The minimum atomic E-state index is -0.458. The van der Waals surface area contributed by atoms with Gasteiger partial charge in [0.15, 0.2) is 0 Å². The van der Waals surface area contributed by atoms with Crippen molar-refractivity contribution in [1.29, 1.82) is 0 Å². The number of aromatic nitrogens is 1. The number of halogens is 1. The third-order valence-electron chi connectivity index (χ3n) is 1.58. The smallest absolute Gasteiger partial charge is 0.325 e. The molecule has 0 amide bonds. The van der Waals surface area contributed by atoms with E-state index in [1.165, 1.54) is 0 Å². The number of pyridine rings is 1. The molecule has 88 valence electrons. The van der Waals surface area contributed by atoms with Gasteiger partial charge < -0.3 is 10.1 Å². The summed E-state index contributed by atoms with van der Waals surface area (Å²) in [6.07, 6.45) is 1.65. The molecule has 0 spiro atoms. The first-order chi connectivity index (χ1) is 7.38. The Kier molecular flexibility index (Phi) is 4.29. The van der Waals surface area contributed by atoms with E-state index in [4.69, 9.17) is 4.74 Å². The number of anilines is 1. The Morgan fingerprint density at radius 1 is 1.56 bits per heavy atom. The van der Waals surface area contributed by atoms with Crippen molar-refractivity contribution in [2.75, 3.05) is 11.9 Å². The van der Waals surface area contributed by atoms with Crippen LogP contribution in [0.4, 0.5) is 5.82 Å². The number of nitrogens with one attached hydrogen (secondary N) is 1. The van der Waals surface area contributed by atoms with Crippen molar-refractivity contribution in [2.45, 2.75) is 26.4 Å². The highest BCUT2D eigenvalue weighted by atomic mass is 79.9. The maximum atomic E-state index is 11.4. The lowest BCUT2D eigenvalue weighted by Crippen LogP contribution is -2.28. The van der Waals surface area contributed by atoms with Crippen LogP contribution in [0.3, 0.4) is 0 Å². The molecule has 0 radical (unpaired) electrons. The van der Waals surface area contributed by atoms with E-state index in [1.807, 2.05) is 32.9 Å². The molecule has 0 unspecified atom stereocenters. The Balaban J connectivity index is 2.47. The van der Waals surface area contributed by atoms with Gasteiger partial charge in [0.1, 0.15) is 18.0 Å². The van der Waals surface area contributed by atoms with Gasteiger partial charge in [-0.1, -0.05) is 0 Å². The second kappa shape index (κ2) is 5.30. The van der Waals surface area contributed by atoms with E-state index in [0.29, 0.717) is 5.82 Å². The van der Waals surface area contributed by atoms with Gasteiger partial charge in [-0.05, 0) is 48.8 Å². The summed E-state index contributed by atoms with van der Waals surface area (Å²) in [5.74, 6) is 0.332. The van der Waals surface area contributed by atoms with E-state index in [9.17, 15) is 4.79 Å². The molecule has 0 saturated heterocycles. The molecule has 0 saturated carbocycles. The Morgan fingerprint density at radius 3 is 2.81 bits per heavy atom. The lowest BCUT2D eigenvalue weighted by atomic mass is 10.2. The summed E-state index contributed by atoms with van der Waals surface area (Å²) < 4.78 is 5.97. The monoisotopic (exact) mass is 286 g/mol. The van der Waals surface area contributed by atoms with Gasteiger partial charge in [0.25, 0.3) is 0 Å². The molecule has 0 aromatic carbocycles. The highest BCUT2D eigenvalue weighted by Gasteiger charge is 2.16. The second-order valence-corrected chi connectivity index (χ2v) is 5.13. The number of carbonyl (C=O) groups is 1. The number of hydrogen-bond donors (Lipinski definition) is 1. The van der Waals surface area contributed by atoms with Gasteiger partial charge in [-0.25, -0.2) is 4.98 Å². The van der Waals surface area contributed by atoms with E-state index in [-0.39, 0.29) is 12.5 Å². The van der Waals surface area contributed by atoms with Crippen LogP contribution in [0.25, 0.3) is 0 Å². The van der Waals surface area contributed by atoms with Crippen molar-refractivity contribution in [1.82, 2.24) is 4.98 Å². The second-order valence-electron chi connectivity index (χ2n) is 4.27. The van der Waals surface area contributed by atoms with E-state index in [2.05, 4.69) is 26.2 Å². The first-order valence-corrected chi connectivity index (χ1v) is 5.74. The Hall–Kier alpha value is -1.10. The molecule has 16 heavy (non-hydrogen) atoms. The molecule has 0 bridgehead atoms. The number of ether oxygens (including phenoxy) is 1. The van der Waals surface area contributed by atoms with Crippen LogP contribution in [0.15, 0.2) is 22.8 Å². The molecule has 1 heterocycles. The normalized spacial score (nSPS) is 11.0. The van der Waals surface area contributed by atoms with Crippen LogP contribution in [0, 0.1) is 0 Å². The Labute approximate surface area is 104 Å². The number of rotatable bonds is 3. The van der Waals surface area contributed by atoms with Crippen LogP contribution in [-0.2, 0) is 9.53 Å². The molecule has 0 fully saturated rings. The SMILES string of the molecule is CC(C)(C)OC(=O)CNc1ncccc1Br. The van der Waals surface area contributed by atoms with Gasteiger partial charge in [0, 0.05) is 6.20 Å². The molecule has 1 aromatic rings. The van der Waals surface area contributed by atoms with Crippen LogP contribution in [-0.4, -0.2) is 23.1 Å². The Morgan fingerprint density at radius 2 is 2.25 bits per heavy atom. The van der Waals surface area contributed by atoms with Gasteiger partial charge >= 0.3 is 5.97 Å². The van der Waals surface area contributed by atoms with Gasteiger partial charge in [-0.15, -0.1) is 0 Å². The molecule has 4 nitrogen and oxygen atoms in total. The zero-order valence-corrected chi connectivity index (χ0v) is 11.2. The molecule has 0 aliphatic heterocycles. The molecule has 0 aliphatic rings. The van der Waals surface area contributed by atoms with Crippen molar-refractivity contribution in [3.63, 3.8) is 0 Å². The van der Waals surface area contributed by atoms with Crippen molar-refractivity contribution in [2.24, 2.45) is 0 Å². The van der Waals surface area contributed by atoms with Crippen LogP contribution in [0.5, 0.6) is 0 Å². The summed E-state index contributed by atoms with van der Waals surface area (Å²) in [6, 6.07) is 3.66. The van der Waals surface area contributed by atoms with Crippen LogP contribution >= 0.6 is 15.9 Å². The maximum absolute atomic E-state index is 11.4. The molecule has 0 aliphatic carbocycles. The molecule has 0 atom stereocenters. The Bertz CT molecular complexity index is 374. The summed E-state index contributed by atoms with van der Waals surface area (Å²) in [6.45, 7) is 5.61. The zero-order valence-electron chi connectivity index (χ0n) is 9.58. The fraction of sp³-hybridized carbons (Fsp3) is 0.455. The average molecular weight is 287 g/mol. The number of nitrogens with zero attached hydrogens (tertiary/aromatic N) is 1. The van der Waals surface area contributed by atoms with Gasteiger partial charge in [-0.2, -0.15) is 0 Å². The van der Waals surface area contributed by atoms with Crippen molar-refractivity contribution < 1.29 is 9.53 Å². The fourth-order valence-corrected chi connectivity index (χ4v) is 1.44. The van der Waals surface area contributed by atoms with E-state index in [1.54, 1.807) is 6.20 Å². The van der Waals surface area contributed by atoms with E-state index < -0.39 is 5.60 Å². The average Bonchev–Trinajstić information content (AvgIpc) is 2.14. The van der Waals surface area contributed by atoms with Gasteiger partial charge in [-0.3, -0.25) is 4.79 Å². The van der Waals surface area contributed by atoms with Crippen molar-refractivity contribution >= 4 is 27.7 Å². The van der Waals surface area contributed by atoms with Gasteiger partial charge in [0.05, 0.1) is 4.47 Å². The number of carbonyl (C=O) groups excluding carboxylic acids is 1. The topological polar surface area (TPSA) is 51.2 Å². The summed E-state index contributed by atoms with van der Waals surface area (Å²) >= 11 is 3.33. The molecule has 1 N–H and O–H groups in total. The molecular formula is C11H15BrN2O2. The predicted octanol–water partition coefficient (Wildman–Crippen LogP) is 2.60. The molecule has 5 heteroatoms. The first-order valence-electron chi connectivity index (χ1n) is 4.95. The molecular weight excluding hydrogens is 272 g/mol. The lowest BCUT2D eigenvalue weighted by molar-refractivity contribution is -0.152. The summed E-state index contributed by atoms with van der Waals surface area (Å²) in [7, 11) is 0. The van der Waals surface area contributed by atoms with Crippen molar-refractivity contribution in [3.05, 3.63) is 22.8 Å². The molecule has 1 rings (SSSR count). The number of esters is 1. The minimum Gasteiger partial charge on any atom is -0.459 e. The van der Waals surface area contributed by atoms with E-state index in [0.717, 1.165) is 4.47 Å². The highest BCUT2D eigenvalue weighted by molar-refractivity contribution is 9.10. The highest BCUT2D eigenvalue weighted by Crippen LogP contribution is 2.18. The third-order valence-corrected chi connectivity index (χ3v) is 2.22. The quantitative estimate of drug-likeness (QED) is 0.868. The third kappa shape index (κ3) is 4.61. The van der Waals surface area contributed by atoms with Gasteiger partial charge in [0.2, 0.25) is 0 Å². The first kappa shape index (κ1) is 13.0. The largest absolute Gasteiger partial charge is 0.459 e. The van der Waals surface area contributed by atoms with Crippen LogP contribution in [0.1, 0.15) is 20.8 Å². The molecule has 1 aromatic heterocycles. The summed E-state index contributed by atoms with van der Waals surface area (Å²) in [5.41, 5.74) is -0.458. The summed E-state index contributed by atoms with van der Waals surface area (Å²) in [5, 5.41) is 2.90. The zero-order chi connectivity index (χ0) is 12.2. The maximum Gasteiger partial charge on any atom is 0.325 e. The van der Waals surface area contributed by atoms with Crippen LogP contribution < -0.4 is 5.32 Å². The number of hydrogen-bond acceptors (Lipinski definition) is 4. The van der Waals surface area contributed by atoms with Crippen LogP contribution in [0.2, 0.25) is 0 Å². The summed E-state index contributed by atoms with van der Waals surface area (Å²) in [4.78, 5) is 15.5. The van der Waals surface area contributed by atoms with E-state index >= 15 is 0 Å². The lowest BCUT2D eigenvalue weighted by Gasteiger charge is -2.19. The minimum absolute atomic E-state index is 0.104. The standard InChI is InChI=1S/C11H15BrN2O2/c1-11(2,3)16-9(15)7-14-10-8(12)5-4-6-13-10/h4-6H,7H2,1-3H3,(H,13,14). The predicted molar refractivity (Wildman–Crippen MR) is 66.3 cm³/mol.